The highest BCUT2D eigenvalue weighted by Gasteiger charge is 2.16. The van der Waals surface area contributed by atoms with Crippen molar-refractivity contribution in [1.29, 1.82) is 0 Å². The molecule has 0 atom stereocenters. The zero-order valence-corrected chi connectivity index (χ0v) is 16.3. The minimum absolute atomic E-state index is 0.247. The zero-order chi connectivity index (χ0) is 19.3. The summed E-state index contributed by atoms with van der Waals surface area (Å²) in [6.45, 7) is 0.247. The number of halogens is 2. The fourth-order valence-electron chi connectivity index (χ4n) is 2.41. The maximum absolute atomic E-state index is 12.4. The predicted molar refractivity (Wildman–Crippen MR) is 100 cm³/mol. The molecule has 0 radical (unpaired) electrons. The smallest absolute Gasteiger partial charge is 0.251 e. The number of amides is 1. The van der Waals surface area contributed by atoms with Crippen molar-refractivity contribution in [2.75, 3.05) is 28.4 Å². The van der Waals surface area contributed by atoms with Gasteiger partial charge >= 0.3 is 0 Å². The number of carbonyl (C=O) groups excluding carboxylic acids is 1. The molecule has 0 aliphatic heterocycles. The van der Waals surface area contributed by atoms with Crippen LogP contribution in [0.3, 0.4) is 0 Å². The molecule has 0 aliphatic rings. The second-order valence-corrected chi connectivity index (χ2v) is 6.00. The van der Waals surface area contributed by atoms with Crippen LogP contribution in [0, 0.1) is 0 Å². The molecule has 0 unspecified atom stereocenters. The Balaban J connectivity index is 2.19. The second-order valence-electron chi connectivity index (χ2n) is 5.19. The van der Waals surface area contributed by atoms with Crippen molar-refractivity contribution >= 4 is 29.1 Å². The minimum Gasteiger partial charge on any atom is -0.494 e. The van der Waals surface area contributed by atoms with E-state index in [1.807, 2.05) is 0 Å². The third kappa shape index (κ3) is 4.26. The molecule has 0 bridgehead atoms. The van der Waals surface area contributed by atoms with E-state index in [9.17, 15) is 4.79 Å². The molecule has 0 saturated carbocycles. The lowest BCUT2D eigenvalue weighted by Gasteiger charge is -2.14. The summed E-state index contributed by atoms with van der Waals surface area (Å²) in [4.78, 5) is 12.4. The summed E-state index contributed by atoms with van der Waals surface area (Å²) in [5.41, 5.74) is 1.10. The van der Waals surface area contributed by atoms with Crippen molar-refractivity contribution in [2.24, 2.45) is 0 Å². The number of nitrogens with one attached hydrogen (secondary N) is 1. The third-order valence-electron chi connectivity index (χ3n) is 3.64. The van der Waals surface area contributed by atoms with Crippen LogP contribution in [0.2, 0.25) is 10.0 Å². The zero-order valence-electron chi connectivity index (χ0n) is 14.8. The van der Waals surface area contributed by atoms with Gasteiger partial charge in [-0.3, -0.25) is 4.79 Å². The number of carbonyl (C=O) groups is 1. The Morgan fingerprint density at radius 3 is 1.77 bits per heavy atom. The first-order valence-electron chi connectivity index (χ1n) is 7.55. The van der Waals surface area contributed by atoms with Crippen LogP contribution in [0.1, 0.15) is 15.9 Å². The first kappa shape index (κ1) is 20.0. The summed E-state index contributed by atoms with van der Waals surface area (Å²) in [7, 11) is 6.04. The lowest BCUT2D eigenvalue weighted by atomic mass is 10.1. The molecule has 0 saturated heterocycles. The van der Waals surface area contributed by atoms with Gasteiger partial charge in [-0.1, -0.05) is 23.2 Å². The Hall–Kier alpha value is -2.31. The third-order valence-corrected chi connectivity index (χ3v) is 4.20. The van der Waals surface area contributed by atoms with E-state index >= 15 is 0 Å². The van der Waals surface area contributed by atoms with Gasteiger partial charge < -0.3 is 24.3 Å². The van der Waals surface area contributed by atoms with Gasteiger partial charge in [0.15, 0.2) is 17.2 Å². The number of methoxy groups -OCH3 is 4. The molecule has 2 aromatic carbocycles. The van der Waals surface area contributed by atoms with E-state index in [-0.39, 0.29) is 22.5 Å². The topological polar surface area (TPSA) is 66.0 Å². The van der Waals surface area contributed by atoms with Crippen molar-refractivity contribution in [2.45, 2.75) is 6.54 Å². The van der Waals surface area contributed by atoms with Gasteiger partial charge in [0.05, 0.1) is 38.5 Å². The molecule has 0 aromatic heterocycles. The first-order valence-corrected chi connectivity index (χ1v) is 8.30. The molecule has 8 heteroatoms. The van der Waals surface area contributed by atoms with Gasteiger partial charge in [-0.25, -0.2) is 0 Å². The second kappa shape index (κ2) is 8.87. The van der Waals surface area contributed by atoms with Crippen LogP contribution in [-0.4, -0.2) is 34.3 Å². The summed E-state index contributed by atoms with van der Waals surface area (Å²) < 4.78 is 21.0. The highest BCUT2D eigenvalue weighted by Crippen LogP contribution is 2.38. The van der Waals surface area contributed by atoms with Crippen molar-refractivity contribution in [3.63, 3.8) is 0 Å². The Morgan fingerprint density at radius 1 is 0.846 bits per heavy atom. The maximum Gasteiger partial charge on any atom is 0.251 e. The molecular weight excluding hydrogens is 381 g/mol. The van der Waals surface area contributed by atoms with Crippen LogP contribution in [-0.2, 0) is 6.54 Å². The Morgan fingerprint density at radius 2 is 1.35 bits per heavy atom. The number of rotatable bonds is 7. The van der Waals surface area contributed by atoms with Crippen LogP contribution in [0.5, 0.6) is 23.0 Å². The molecular formula is C18H19Cl2NO5. The predicted octanol–water partition coefficient (Wildman–Crippen LogP) is 3.96. The number of hydrogen-bond donors (Lipinski definition) is 1. The summed E-state index contributed by atoms with van der Waals surface area (Å²) in [5, 5.41) is 3.32. The lowest BCUT2D eigenvalue weighted by molar-refractivity contribution is 0.0950. The number of hydrogen-bond acceptors (Lipinski definition) is 5. The minimum atomic E-state index is -0.329. The molecule has 0 heterocycles. The molecule has 0 fully saturated rings. The largest absolute Gasteiger partial charge is 0.494 e. The summed E-state index contributed by atoms with van der Waals surface area (Å²) in [5.74, 6) is 1.50. The normalized spacial score (nSPS) is 10.2. The van der Waals surface area contributed by atoms with Crippen molar-refractivity contribution in [3.05, 3.63) is 45.4 Å². The van der Waals surface area contributed by atoms with Crippen molar-refractivity contribution in [3.8, 4) is 23.0 Å². The lowest BCUT2D eigenvalue weighted by Crippen LogP contribution is -2.23. The Labute approximate surface area is 161 Å². The quantitative estimate of drug-likeness (QED) is 0.762. The van der Waals surface area contributed by atoms with E-state index in [2.05, 4.69) is 5.32 Å². The summed E-state index contributed by atoms with van der Waals surface area (Å²) in [6.07, 6.45) is 0. The van der Waals surface area contributed by atoms with E-state index in [1.54, 1.807) is 12.1 Å². The highest BCUT2D eigenvalue weighted by atomic mass is 35.5. The van der Waals surface area contributed by atoms with Gasteiger partial charge in [0.25, 0.3) is 5.91 Å². The van der Waals surface area contributed by atoms with E-state index in [0.29, 0.717) is 28.6 Å². The maximum atomic E-state index is 12.4. The standard InChI is InChI=1S/C18H19Cl2NO5/c1-23-14-5-10(6-15(24-2)17(14)26-4)9-21-18(22)11-7-12(19)16(25-3)13(20)8-11/h5-8H,9H2,1-4H3,(H,21,22). The Bertz CT molecular complexity index is 762. The van der Waals surface area contributed by atoms with Gasteiger partial charge in [-0.05, 0) is 29.8 Å². The molecule has 140 valence electrons. The van der Waals surface area contributed by atoms with E-state index in [1.165, 1.54) is 40.6 Å². The van der Waals surface area contributed by atoms with E-state index in [4.69, 9.17) is 42.1 Å². The van der Waals surface area contributed by atoms with Gasteiger partial charge in [-0.2, -0.15) is 0 Å². The molecule has 2 rings (SSSR count). The average molecular weight is 400 g/mol. The molecule has 2 aromatic rings. The molecule has 6 nitrogen and oxygen atoms in total. The van der Waals surface area contributed by atoms with Crippen LogP contribution in [0.25, 0.3) is 0 Å². The van der Waals surface area contributed by atoms with E-state index in [0.717, 1.165) is 5.56 Å². The molecule has 0 aliphatic carbocycles. The Kier molecular flexibility index (Phi) is 6.83. The van der Waals surface area contributed by atoms with Crippen LogP contribution in [0.4, 0.5) is 0 Å². The fraction of sp³-hybridized carbons (Fsp3) is 0.278. The SMILES string of the molecule is COc1cc(CNC(=O)c2cc(Cl)c(OC)c(Cl)c2)cc(OC)c1OC. The fourth-order valence-corrected chi connectivity index (χ4v) is 3.05. The summed E-state index contributed by atoms with van der Waals surface area (Å²) in [6, 6.07) is 6.51. The molecule has 1 amide bonds. The van der Waals surface area contributed by atoms with Crippen molar-refractivity contribution in [1.82, 2.24) is 5.32 Å². The van der Waals surface area contributed by atoms with Gasteiger partial charge in [0.2, 0.25) is 5.75 Å². The molecule has 0 spiro atoms. The average Bonchev–Trinajstić information content (AvgIpc) is 2.64. The number of benzene rings is 2. The molecule has 1 N–H and O–H groups in total. The van der Waals surface area contributed by atoms with E-state index < -0.39 is 0 Å². The van der Waals surface area contributed by atoms with Gasteiger partial charge in [-0.15, -0.1) is 0 Å². The first-order chi connectivity index (χ1) is 12.4. The van der Waals surface area contributed by atoms with Gasteiger partial charge in [0, 0.05) is 12.1 Å². The van der Waals surface area contributed by atoms with Crippen molar-refractivity contribution < 1.29 is 23.7 Å². The van der Waals surface area contributed by atoms with Crippen LogP contribution < -0.4 is 24.3 Å². The monoisotopic (exact) mass is 399 g/mol. The molecule has 26 heavy (non-hydrogen) atoms. The van der Waals surface area contributed by atoms with Gasteiger partial charge in [0.1, 0.15) is 0 Å². The van der Waals surface area contributed by atoms with Crippen LogP contribution >= 0.6 is 23.2 Å². The number of ether oxygens (including phenoxy) is 4. The highest BCUT2D eigenvalue weighted by molar-refractivity contribution is 6.37. The van der Waals surface area contributed by atoms with Crippen LogP contribution in [0.15, 0.2) is 24.3 Å². The summed E-state index contributed by atoms with van der Waals surface area (Å²) >= 11 is 12.1.